The van der Waals surface area contributed by atoms with Crippen LogP contribution in [0, 0.1) is 0 Å². The molecule has 19 heavy (non-hydrogen) atoms. The first-order chi connectivity index (χ1) is 8.94. The van der Waals surface area contributed by atoms with Crippen molar-refractivity contribution >= 4 is 5.82 Å². The molecule has 0 bridgehead atoms. The molecule has 0 unspecified atom stereocenters. The molecule has 0 amide bonds. The molecule has 0 spiro atoms. The molecular weight excluding hydrogens is 242 g/mol. The minimum absolute atomic E-state index is 0.140. The lowest BCUT2D eigenvalue weighted by molar-refractivity contribution is -0.0168. The highest BCUT2D eigenvalue weighted by Crippen LogP contribution is 2.14. The summed E-state index contributed by atoms with van der Waals surface area (Å²) in [5.74, 6) is 2.19. The fourth-order valence-electron chi connectivity index (χ4n) is 1.50. The third-order valence-electron chi connectivity index (χ3n) is 2.35. The molecule has 5 heteroatoms. The summed E-state index contributed by atoms with van der Waals surface area (Å²) in [5.41, 5.74) is -0.140. The van der Waals surface area contributed by atoms with Crippen molar-refractivity contribution in [1.82, 2.24) is 9.97 Å². The van der Waals surface area contributed by atoms with E-state index >= 15 is 0 Å². The normalized spacial score (nSPS) is 11.4. The molecule has 0 saturated carbocycles. The van der Waals surface area contributed by atoms with Crippen LogP contribution < -0.4 is 10.1 Å². The lowest BCUT2D eigenvalue weighted by Gasteiger charge is -2.19. The Kier molecular flexibility index (Phi) is 6.02. The van der Waals surface area contributed by atoms with Gasteiger partial charge in [0.15, 0.2) is 0 Å². The molecule has 0 atom stereocenters. The Labute approximate surface area is 115 Å². The molecule has 1 N–H and O–H groups in total. The Hall–Kier alpha value is -1.36. The average molecular weight is 267 g/mol. The van der Waals surface area contributed by atoms with Gasteiger partial charge in [-0.3, -0.25) is 0 Å². The number of anilines is 1. The summed E-state index contributed by atoms with van der Waals surface area (Å²) >= 11 is 0. The maximum Gasteiger partial charge on any atom is 0.218 e. The molecule has 1 aromatic rings. The van der Waals surface area contributed by atoms with E-state index in [1.54, 1.807) is 6.07 Å². The monoisotopic (exact) mass is 267 g/mol. The Bertz CT molecular complexity index is 389. The number of hydrogen-bond acceptors (Lipinski definition) is 5. The largest absolute Gasteiger partial charge is 0.475 e. The lowest BCUT2D eigenvalue weighted by Crippen LogP contribution is -2.22. The quantitative estimate of drug-likeness (QED) is 0.770. The molecule has 5 nitrogen and oxygen atoms in total. The van der Waals surface area contributed by atoms with Crippen molar-refractivity contribution in [3.8, 4) is 5.88 Å². The van der Waals surface area contributed by atoms with Crippen molar-refractivity contribution in [2.24, 2.45) is 0 Å². The van der Waals surface area contributed by atoms with Gasteiger partial charge in [0, 0.05) is 19.5 Å². The molecule has 0 saturated heterocycles. The van der Waals surface area contributed by atoms with E-state index in [2.05, 4.69) is 22.2 Å². The summed E-state index contributed by atoms with van der Waals surface area (Å²) in [6.07, 6.45) is 1.87. The van der Waals surface area contributed by atoms with Gasteiger partial charge in [0.25, 0.3) is 0 Å². The Morgan fingerprint density at radius 1 is 1.21 bits per heavy atom. The van der Waals surface area contributed by atoms with Crippen LogP contribution in [0.4, 0.5) is 5.82 Å². The SMILES string of the molecule is CCCc1nc(NC)cc(OCCOC(C)(C)C)n1. The zero-order valence-corrected chi connectivity index (χ0v) is 12.6. The first kappa shape index (κ1) is 15.7. The van der Waals surface area contributed by atoms with Crippen LogP contribution in [-0.4, -0.2) is 35.8 Å². The van der Waals surface area contributed by atoms with Crippen molar-refractivity contribution in [2.45, 2.75) is 46.1 Å². The highest BCUT2D eigenvalue weighted by molar-refractivity contribution is 5.37. The molecule has 1 heterocycles. The molecule has 108 valence electrons. The van der Waals surface area contributed by atoms with E-state index < -0.39 is 0 Å². The topological polar surface area (TPSA) is 56.3 Å². The third-order valence-corrected chi connectivity index (χ3v) is 2.35. The van der Waals surface area contributed by atoms with E-state index in [9.17, 15) is 0 Å². The smallest absolute Gasteiger partial charge is 0.218 e. The van der Waals surface area contributed by atoms with Gasteiger partial charge in [-0.05, 0) is 27.2 Å². The van der Waals surface area contributed by atoms with Gasteiger partial charge < -0.3 is 14.8 Å². The molecule has 0 fully saturated rings. The number of aryl methyl sites for hydroxylation is 1. The van der Waals surface area contributed by atoms with Crippen LogP contribution in [0.25, 0.3) is 0 Å². The number of hydrogen-bond donors (Lipinski definition) is 1. The number of nitrogens with zero attached hydrogens (tertiary/aromatic N) is 2. The summed E-state index contributed by atoms with van der Waals surface area (Å²) in [5, 5.41) is 3.02. The molecule has 0 radical (unpaired) electrons. The van der Waals surface area contributed by atoms with E-state index in [4.69, 9.17) is 9.47 Å². The Morgan fingerprint density at radius 2 is 1.95 bits per heavy atom. The third kappa shape index (κ3) is 6.38. The summed E-state index contributed by atoms with van der Waals surface area (Å²) in [6.45, 7) is 9.21. The first-order valence-corrected chi connectivity index (χ1v) is 6.77. The second kappa shape index (κ2) is 7.28. The van der Waals surface area contributed by atoms with Gasteiger partial charge in [-0.1, -0.05) is 6.92 Å². The summed E-state index contributed by atoms with van der Waals surface area (Å²) < 4.78 is 11.2. The van der Waals surface area contributed by atoms with Crippen LogP contribution >= 0.6 is 0 Å². The Balaban J connectivity index is 2.54. The van der Waals surface area contributed by atoms with Gasteiger partial charge in [-0.25, -0.2) is 4.98 Å². The van der Waals surface area contributed by atoms with Crippen LogP contribution in [0.5, 0.6) is 5.88 Å². The highest BCUT2D eigenvalue weighted by atomic mass is 16.5. The zero-order valence-electron chi connectivity index (χ0n) is 12.6. The standard InChI is InChI=1S/C14H25N3O2/c1-6-7-11-16-12(15-5)10-13(17-11)18-8-9-19-14(2,3)4/h10H,6-9H2,1-5H3,(H,15,16,17). The molecule has 0 aliphatic rings. The van der Waals surface area contributed by atoms with E-state index in [1.807, 2.05) is 27.8 Å². The van der Waals surface area contributed by atoms with E-state index in [-0.39, 0.29) is 5.60 Å². The maximum atomic E-state index is 5.61. The van der Waals surface area contributed by atoms with Gasteiger partial charge in [-0.15, -0.1) is 0 Å². The molecule has 1 aromatic heterocycles. The van der Waals surface area contributed by atoms with Crippen molar-refractivity contribution in [2.75, 3.05) is 25.6 Å². The maximum absolute atomic E-state index is 5.61. The van der Waals surface area contributed by atoms with Crippen LogP contribution in [0.1, 0.15) is 39.9 Å². The van der Waals surface area contributed by atoms with Crippen LogP contribution in [0.2, 0.25) is 0 Å². The number of aromatic nitrogens is 2. The minimum atomic E-state index is -0.140. The van der Waals surface area contributed by atoms with E-state index in [0.717, 1.165) is 24.5 Å². The predicted molar refractivity (Wildman–Crippen MR) is 76.8 cm³/mol. The predicted octanol–water partition coefficient (Wildman–Crippen LogP) is 2.66. The molecule has 0 aromatic carbocycles. The fraction of sp³-hybridized carbons (Fsp3) is 0.714. The second-order valence-electron chi connectivity index (χ2n) is 5.32. The van der Waals surface area contributed by atoms with Crippen molar-refractivity contribution in [1.29, 1.82) is 0 Å². The number of rotatable bonds is 7. The van der Waals surface area contributed by atoms with E-state index in [1.165, 1.54) is 0 Å². The van der Waals surface area contributed by atoms with Crippen molar-refractivity contribution in [3.05, 3.63) is 11.9 Å². The fourth-order valence-corrected chi connectivity index (χ4v) is 1.50. The molecule has 0 aliphatic carbocycles. The summed E-state index contributed by atoms with van der Waals surface area (Å²) in [4.78, 5) is 8.75. The van der Waals surface area contributed by atoms with Gasteiger partial charge in [-0.2, -0.15) is 4.98 Å². The van der Waals surface area contributed by atoms with Gasteiger partial charge in [0.2, 0.25) is 5.88 Å². The van der Waals surface area contributed by atoms with Crippen molar-refractivity contribution < 1.29 is 9.47 Å². The summed E-state index contributed by atoms with van der Waals surface area (Å²) in [6, 6.07) is 1.80. The van der Waals surface area contributed by atoms with Crippen LogP contribution in [-0.2, 0) is 11.2 Å². The van der Waals surface area contributed by atoms with E-state index in [0.29, 0.717) is 19.1 Å². The average Bonchev–Trinajstić information content (AvgIpc) is 2.34. The van der Waals surface area contributed by atoms with Crippen LogP contribution in [0.15, 0.2) is 6.07 Å². The van der Waals surface area contributed by atoms with Crippen molar-refractivity contribution in [3.63, 3.8) is 0 Å². The minimum Gasteiger partial charge on any atom is -0.475 e. The Morgan fingerprint density at radius 3 is 2.53 bits per heavy atom. The van der Waals surface area contributed by atoms with Gasteiger partial charge in [0.1, 0.15) is 18.2 Å². The van der Waals surface area contributed by atoms with Crippen LogP contribution in [0.3, 0.4) is 0 Å². The lowest BCUT2D eigenvalue weighted by atomic mass is 10.2. The van der Waals surface area contributed by atoms with Gasteiger partial charge in [0.05, 0.1) is 12.2 Å². The van der Waals surface area contributed by atoms with Gasteiger partial charge >= 0.3 is 0 Å². The number of nitrogens with one attached hydrogen (secondary N) is 1. The first-order valence-electron chi connectivity index (χ1n) is 6.77. The molecule has 0 aliphatic heterocycles. The molecular formula is C14H25N3O2. The number of ether oxygens (including phenoxy) is 2. The summed E-state index contributed by atoms with van der Waals surface area (Å²) in [7, 11) is 1.84. The molecule has 1 rings (SSSR count). The zero-order chi connectivity index (χ0) is 14.3. The second-order valence-corrected chi connectivity index (χ2v) is 5.32. The highest BCUT2D eigenvalue weighted by Gasteiger charge is 2.10.